The zero-order valence-corrected chi connectivity index (χ0v) is 19.2. The zero-order valence-electron chi connectivity index (χ0n) is 17.5. The maximum absolute atomic E-state index is 5.83. The van der Waals surface area contributed by atoms with Gasteiger partial charge >= 0.3 is 0 Å². The number of nitrogens with one attached hydrogen (secondary N) is 2. The van der Waals surface area contributed by atoms with Crippen molar-refractivity contribution in [2.75, 3.05) is 39.7 Å². The molecular formula is C22H25N5OS2. The summed E-state index contributed by atoms with van der Waals surface area (Å²) in [5, 5.41) is 3.09. The Morgan fingerprint density at radius 3 is 2.57 bits per heavy atom. The highest BCUT2D eigenvalue weighted by atomic mass is 32.1. The third kappa shape index (κ3) is 4.32. The Kier molecular flexibility index (Phi) is 6.29. The molecular weight excluding hydrogens is 414 g/mol. The van der Waals surface area contributed by atoms with Crippen LogP contribution in [0.1, 0.15) is 5.56 Å². The Bertz CT molecular complexity index is 1120. The lowest BCUT2D eigenvalue weighted by atomic mass is 10.1. The first-order valence-electron chi connectivity index (χ1n) is 9.72. The van der Waals surface area contributed by atoms with Crippen molar-refractivity contribution in [1.29, 1.82) is 0 Å². The first-order chi connectivity index (χ1) is 14.6. The Balaban J connectivity index is 1.69. The summed E-state index contributed by atoms with van der Waals surface area (Å²) in [4.78, 5) is 15.0. The number of hydrazine groups is 1. The fraction of sp³-hybridized carbons (Fsp3) is 0.273. The lowest BCUT2D eigenvalue weighted by molar-refractivity contribution is 0.261. The van der Waals surface area contributed by atoms with Gasteiger partial charge in [0.1, 0.15) is 17.2 Å². The molecule has 6 nitrogen and oxygen atoms in total. The molecule has 2 N–H and O–H groups in total. The van der Waals surface area contributed by atoms with E-state index in [1.807, 2.05) is 50.8 Å². The van der Waals surface area contributed by atoms with Crippen molar-refractivity contribution in [3.8, 4) is 26.9 Å². The number of benzene rings is 1. The molecule has 0 aliphatic rings. The van der Waals surface area contributed by atoms with Crippen LogP contribution in [0.15, 0.2) is 41.8 Å². The van der Waals surface area contributed by atoms with Crippen molar-refractivity contribution in [3.63, 3.8) is 0 Å². The third-order valence-corrected chi connectivity index (χ3v) is 6.80. The monoisotopic (exact) mass is 439 g/mol. The van der Waals surface area contributed by atoms with E-state index in [4.69, 9.17) is 14.7 Å². The van der Waals surface area contributed by atoms with Crippen LogP contribution in [0, 0.1) is 6.92 Å². The highest BCUT2D eigenvalue weighted by Gasteiger charge is 2.18. The molecule has 30 heavy (non-hydrogen) atoms. The standard InChI is InChI=1S/C22H25N5OS2/c1-14-18-21(26-23-2)24-20(17-6-5-13-29-17)25-22(18)30-19(14)15-7-9-16(10-8-15)28-12-11-27(3)4/h5-10,13,23H,11-12H2,1-4H3,(H,24,25,26). The summed E-state index contributed by atoms with van der Waals surface area (Å²) in [6.07, 6.45) is 0. The van der Waals surface area contributed by atoms with Gasteiger partial charge in [-0.25, -0.2) is 15.4 Å². The van der Waals surface area contributed by atoms with Gasteiger partial charge < -0.3 is 15.1 Å². The van der Waals surface area contributed by atoms with Crippen molar-refractivity contribution in [1.82, 2.24) is 20.3 Å². The number of hydrogen-bond acceptors (Lipinski definition) is 8. The molecule has 8 heteroatoms. The van der Waals surface area contributed by atoms with Gasteiger partial charge in [0.2, 0.25) is 0 Å². The molecule has 3 aromatic heterocycles. The van der Waals surface area contributed by atoms with Gasteiger partial charge in [0.25, 0.3) is 0 Å². The van der Waals surface area contributed by atoms with Crippen LogP contribution in [0.25, 0.3) is 31.4 Å². The summed E-state index contributed by atoms with van der Waals surface area (Å²) in [6, 6.07) is 12.4. The molecule has 0 bridgehead atoms. The molecule has 0 saturated heterocycles. The second kappa shape index (κ2) is 9.09. The topological polar surface area (TPSA) is 62.3 Å². The van der Waals surface area contributed by atoms with Gasteiger partial charge in [-0.05, 0) is 67.9 Å². The number of anilines is 1. The van der Waals surface area contributed by atoms with Gasteiger partial charge in [-0.1, -0.05) is 6.07 Å². The van der Waals surface area contributed by atoms with E-state index in [0.29, 0.717) is 6.61 Å². The second-order valence-corrected chi connectivity index (χ2v) is 9.11. The van der Waals surface area contributed by atoms with Crippen molar-refractivity contribution in [2.45, 2.75) is 6.92 Å². The summed E-state index contributed by atoms with van der Waals surface area (Å²) >= 11 is 3.34. The molecule has 0 saturated carbocycles. The summed E-state index contributed by atoms with van der Waals surface area (Å²) in [7, 11) is 5.93. The predicted octanol–water partition coefficient (Wildman–Crippen LogP) is 4.88. The maximum Gasteiger partial charge on any atom is 0.173 e. The van der Waals surface area contributed by atoms with E-state index >= 15 is 0 Å². The van der Waals surface area contributed by atoms with Crippen molar-refractivity contribution < 1.29 is 4.74 Å². The zero-order chi connectivity index (χ0) is 21.1. The van der Waals surface area contributed by atoms with E-state index in [2.05, 4.69) is 34.8 Å². The molecule has 3 heterocycles. The van der Waals surface area contributed by atoms with Gasteiger partial charge in [-0.2, -0.15) is 0 Å². The minimum atomic E-state index is 0.675. The van der Waals surface area contributed by atoms with Crippen LogP contribution in [0.4, 0.5) is 5.82 Å². The van der Waals surface area contributed by atoms with Gasteiger partial charge in [-0.15, -0.1) is 22.7 Å². The minimum absolute atomic E-state index is 0.675. The lowest BCUT2D eigenvalue weighted by Crippen LogP contribution is -2.19. The summed E-state index contributed by atoms with van der Waals surface area (Å²) in [5.41, 5.74) is 8.52. The molecule has 0 atom stereocenters. The Morgan fingerprint density at radius 2 is 1.90 bits per heavy atom. The first-order valence-corrected chi connectivity index (χ1v) is 11.4. The second-order valence-electron chi connectivity index (χ2n) is 7.16. The van der Waals surface area contributed by atoms with E-state index < -0.39 is 0 Å². The van der Waals surface area contributed by atoms with E-state index in [9.17, 15) is 0 Å². The lowest BCUT2D eigenvalue weighted by Gasteiger charge is -2.11. The number of fused-ring (bicyclic) bond motifs is 1. The molecule has 0 amide bonds. The Hall–Kier alpha value is -2.52. The molecule has 156 valence electrons. The van der Waals surface area contributed by atoms with Crippen LogP contribution in [-0.4, -0.2) is 49.2 Å². The summed E-state index contributed by atoms with van der Waals surface area (Å²) in [6.45, 7) is 3.70. The van der Waals surface area contributed by atoms with E-state index in [-0.39, 0.29) is 0 Å². The normalized spacial score (nSPS) is 11.4. The summed E-state index contributed by atoms with van der Waals surface area (Å²) < 4.78 is 5.83. The molecule has 0 aliphatic heterocycles. The molecule has 4 rings (SSSR count). The van der Waals surface area contributed by atoms with Crippen LogP contribution in [0.5, 0.6) is 5.75 Å². The summed E-state index contributed by atoms with van der Waals surface area (Å²) in [5.74, 6) is 2.43. The molecule has 0 spiro atoms. The largest absolute Gasteiger partial charge is 0.492 e. The van der Waals surface area contributed by atoms with E-state index in [1.54, 1.807) is 22.7 Å². The number of aromatic nitrogens is 2. The number of thiophene rings is 2. The fourth-order valence-electron chi connectivity index (χ4n) is 3.19. The highest BCUT2D eigenvalue weighted by Crippen LogP contribution is 2.41. The van der Waals surface area contributed by atoms with Crippen LogP contribution < -0.4 is 15.6 Å². The Morgan fingerprint density at radius 1 is 1.10 bits per heavy atom. The van der Waals surface area contributed by atoms with Gasteiger partial charge in [0, 0.05) is 18.5 Å². The van der Waals surface area contributed by atoms with Crippen LogP contribution in [0.3, 0.4) is 0 Å². The molecule has 4 aromatic rings. The predicted molar refractivity (Wildman–Crippen MR) is 128 cm³/mol. The number of rotatable bonds is 8. The molecule has 0 unspecified atom stereocenters. The van der Waals surface area contributed by atoms with Gasteiger partial charge in [0.15, 0.2) is 11.6 Å². The van der Waals surface area contributed by atoms with Crippen LogP contribution in [-0.2, 0) is 0 Å². The highest BCUT2D eigenvalue weighted by molar-refractivity contribution is 7.22. The maximum atomic E-state index is 5.83. The molecule has 1 aromatic carbocycles. The van der Waals surface area contributed by atoms with E-state index in [1.165, 1.54) is 10.4 Å². The van der Waals surface area contributed by atoms with Crippen molar-refractivity contribution in [3.05, 3.63) is 47.3 Å². The third-order valence-electron chi connectivity index (χ3n) is 4.70. The number of hydrogen-bond donors (Lipinski definition) is 2. The smallest absolute Gasteiger partial charge is 0.173 e. The Labute approximate surface area is 184 Å². The van der Waals surface area contributed by atoms with Crippen molar-refractivity contribution >= 4 is 38.7 Å². The molecule has 0 radical (unpaired) electrons. The average Bonchev–Trinajstić information content (AvgIpc) is 3.37. The van der Waals surface area contributed by atoms with Crippen molar-refractivity contribution in [2.24, 2.45) is 0 Å². The SMILES string of the molecule is CNNc1nc(-c2cccs2)nc2sc(-c3ccc(OCCN(C)C)cc3)c(C)c12. The number of aryl methyl sites for hydroxylation is 1. The minimum Gasteiger partial charge on any atom is -0.492 e. The molecule has 0 aliphatic carbocycles. The molecule has 0 fully saturated rings. The average molecular weight is 440 g/mol. The van der Waals surface area contributed by atoms with Crippen LogP contribution >= 0.6 is 22.7 Å². The first kappa shape index (κ1) is 20.7. The van der Waals surface area contributed by atoms with Crippen LogP contribution in [0.2, 0.25) is 0 Å². The number of nitrogens with zero attached hydrogens (tertiary/aromatic N) is 3. The fourth-order valence-corrected chi connectivity index (χ4v) is 5.03. The van der Waals surface area contributed by atoms with Gasteiger partial charge in [0.05, 0.1) is 10.3 Å². The number of likely N-dealkylation sites (N-methyl/N-ethyl adjacent to an activating group) is 1. The van der Waals surface area contributed by atoms with Gasteiger partial charge in [-0.3, -0.25) is 0 Å². The number of ether oxygens (including phenoxy) is 1. The quantitative estimate of drug-likeness (QED) is 0.382. The van der Waals surface area contributed by atoms with E-state index in [0.717, 1.165) is 44.6 Å².